The molecular formula is C26H31FO4. The molecule has 0 saturated carbocycles. The Balaban J connectivity index is 1.66. The molecule has 0 aliphatic rings. The molecule has 0 atom stereocenters. The number of hydrogen-bond acceptors (Lipinski definition) is 4. The summed E-state index contributed by atoms with van der Waals surface area (Å²) < 4.78 is 31.2. The number of hydrogen-bond donors (Lipinski definition) is 0. The van der Waals surface area contributed by atoms with Crippen LogP contribution in [0.3, 0.4) is 0 Å². The van der Waals surface area contributed by atoms with Gasteiger partial charge in [-0.25, -0.2) is 9.18 Å². The van der Waals surface area contributed by atoms with Crippen molar-refractivity contribution in [2.24, 2.45) is 0 Å². The molecule has 0 unspecified atom stereocenters. The van der Waals surface area contributed by atoms with Gasteiger partial charge in [-0.3, -0.25) is 0 Å². The lowest BCUT2D eigenvalue weighted by molar-refractivity contribution is 0.134. The Morgan fingerprint density at radius 2 is 1.71 bits per heavy atom. The summed E-state index contributed by atoms with van der Waals surface area (Å²) in [4.78, 5) is 12.5. The molecule has 166 valence electrons. The molecule has 0 fully saturated rings. The first kappa shape index (κ1) is 23.0. The average molecular weight is 427 g/mol. The van der Waals surface area contributed by atoms with Crippen LogP contribution in [0.15, 0.2) is 51.7 Å². The first-order chi connectivity index (χ1) is 15.1. The fourth-order valence-corrected chi connectivity index (χ4v) is 3.51. The van der Waals surface area contributed by atoms with Crippen LogP contribution in [0.2, 0.25) is 0 Å². The van der Waals surface area contributed by atoms with Crippen LogP contribution < -0.4 is 10.4 Å². The van der Waals surface area contributed by atoms with Gasteiger partial charge in [0, 0.05) is 13.0 Å². The zero-order chi connectivity index (χ0) is 22.1. The Hall–Kier alpha value is -2.66. The van der Waals surface area contributed by atoms with Crippen molar-refractivity contribution in [3.8, 4) is 5.75 Å². The highest BCUT2D eigenvalue weighted by Crippen LogP contribution is 2.25. The van der Waals surface area contributed by atoms with E-state index in [2.05, 4.69) is 19.1 Å². The van der Waals surface area contributed by atoms with Crippen LogP contribution in [0.4, 0.5) is 4.39 Å². The normalized spacial score (nSPS) is 11.2. The molecule has 4 nitrogen and oxygen atoms in total. The van der Waals surface area contributed by atoms with E-state index >= 15 is 0 Å². The van der Waals surface area contributed by atoms with E-state index in [9.17, 15) is 9.18 Å². The number of unbranched alkanes of at least 4 members (excludes halogenated alkanes) is 3. The first-order valence-corrected chi connectivity index (χ1v) is 11.2. The van der Waals surface area contributed by atoms with Crippen molar-refractivity contribution in [2.45, 2.75) is 59.0 Å². The van der Waals surface area contributed by atoms with Crippen molar-refractivity contribution in [3.05, 3.63) is 75.6 Å². The van der Waals surface area contributed by atoms with Crippen molar-refractivity contribution in [1.29, 1.82) is 0 Å². The summed E-state index contributed by atoms with van der Waals surface area (Å²) in [5, 5.41) is 0.490. The summed E-state index contributed by atoms with van der Waals surface area (Å²) >= 11 is 0. The van der Waals surface area contributed by atoms with Gasteiger partial charge >= 0.3 is 5.63 Å². The number of fused-ring (bicyclic) bond motifs is 1. The van der Waals surface area contributed by atoms with Crippen molar-refractivity contribution in [3.63, 3.8) is 0 Å². The Labute approximate surface area is 183 Å². The summed E-state index contributed by atoms with van der Waals surface area (Å²) in [6, 6.07) is 13.3. The standard InChI is InChI=1S/C26H31FO4/c1-3-5-6-7-16-30-23-15-13-21-17-22(31-26(28)24(21)25(23)27)14-12-19-8-10-20(11-9-19)18-29-4-2/h8-11,13,15,17H,3-7,12,14,16,18H2,1-2H3. The molecule has 0 aliphatic carbocycles. The largest absolute Gasteiger partial charge is 0.490 e. The van der Waals surface area contributed by atoms with Gasteiger partial charge in [-0.15, -0.1) is 0 Å². The zero-order valence-corrected chi connectivity index (χ0v) is 18.4. The number of benzene rings is 2. The van der Waals surface area contributed by atoms with Crippen LogP contribution in [0.25, 0.3) is 10.8 Å². The second kappa shape index (κ2) is 11.7. The van der Waals surface area contributed by atoms with E-state index in [1.54, 1.807) is 18.2 Å². The quantitative estimate of drug-likeness (QED) is 0.323. The second-order valence-electron chi connectivity index (χ2n) is 7.70. The Morgan fingerprint density at radius 3 is 2.45 bits per heavy atom. The van der Waals surface area contributed by atoms with E-state index in [-0.39, 0.29) is 11.1 Å². The maximum atomic E-state index is 14.8. The molecule has 1 aromatic heterocycles. The number of aryl methyl sites for hydroxylation is 2. The van der Waals surface area contributed by atoms with Crippen LogP contribution in [-0.4, -0.2) is 13.2 Å². The maximum absolute atomic E-state index is 14.8. The highest BCUT2D eigenvalue weighted by Gasteiger charge is 2.14. The molecule has 3 aromatic rings. The molecule has 0 amide bonds. The molecular weight excluding hydrogens is 395 g/mol. The maximum Gasteiger partial charge on any atom is 0.346 e. The fourth-order valence-electron chi connectivity index (χ4n) is 3.51. The monoisotopic (exact) mass is 426 g/mol. The highest BCUT2D eigenvalue weighted by atomic mass is 19.1. The third-order valence-corrected chi connectivity index (χ3v) is 5.29. The molecule has 0 N–H and O–H groups in total. The van der Waals surface area contributed by atoms with Gasteiger partial charge in [0.2, 0.25) is 0 Å². The summed E-state index contributed by atoms with van der Waals surface area (Å²) in [6.07, 6.45) is 5.47. The third kappa shape index (κ3) is 6.41. The number of halogens is 1. The lowest BCUT2D eigenvalue weighted by Crippen LogP contribution is -2.07. The summed E-state index contributed by atoms with van der Waals surface area (Å²) in [5.41, 5.74) is 1.61. The highest BCUT2D eigenvalue weighted by molar-refractivity contribution is 5.83. The van der Waals surface area contributed by atoms with E-state index in [0.717, 1.165) is 43.2 Å². The van der Waals surface area contributed by atoms with Gasteiger partial charge in [0.15, 0.2) is 11.6 Å². The molecule has 0 radical (unpaired) electrons. The SMILES string of the molecule is CCCCCCOc1ccc2cc(CCc3ccc(COCC)cc3)oc(=O)c2c1F. The van der Waals surface area contributed by atoms with Crippen molar-refractivity contribution in [2.75, 3.05) is 13.2 Å². The topological polar surface area (TPSA) is 48.7 Å². The van der Waals surface area contributed by atoms with Crippen LogP contribution in [0.5, 0.6) is 5.75 Å². The van der Waals surface area contributed by atoms with Gasteiger partial charge in [-0.1, -0.05) is 56.5 Å². The molecule has 2 aromatic carbocycles. The molecule has 3 rings (SSSR count). The van der Waals surface area contributed by atoms with Crippen LogP contribution in [-0.2, 0) is 24.2 Å². The predicted octanol–water partition coefficient (Wildman–Crippen LogP) is 6.21. The molecule has 1 heterocycles. The Kier molecular flexibility index (Phi) is 8.65. The second-order valence-corrected chi connectivity index (χ2v) is 7.70. The predicted molar refractivity (Wildman–Crippen MR) is 121 cm³/mol. The molecule has 0 spiro atoms. The first-order valence-electron chi connectivity index (χ1n) is 11.2. The fraction of sp³-hybridized carbons (Fsp3) is 0.423. The van der Waals surface area contributed by atoms with E-state index < -0.39 is 11.4 Å². The molecule has 5 heteroatoms. The average Bonchev–Trinajstić information content (AvgIpc) is 2.78. The van der Waals surface area contributed by atoms with Crippen LogP contribution >= 0.6 is 0 Å². The lowest BCUT2D eigenvalue weighted by atomic mass is 10.1. The molecule has 0 bridgehead atoms. The van der Waals surface area contributed by atoms with Crippen molar-refractivity contribution >= 4 is 10.8 Å². The van der Waals surface area contributed by atoms with Crippen molar-refractivity contribution in [1.82, 2.24) is 0 Å². The zero-order valence-electron chi connectivity index (χ0n) is 18.4. The Morgan fingerprint density at radius 1 is 0.935 bits per heavy atom. The van der Waals surface area contributed by atoms with Crippen molar-refractivity contribution < 1.29 is 18.3 Å². The minimum absolute atomic E-state index is 0.0462. The summed E-state index contributed by atoms with van der Waals surface area (Å²) in [6.45, 7) is 5.84. The summed E-state index contributed by atoms with van der Waals surface area (Å²) in [5.74, 6) is 0.0119. The van der Waals surface area contributed by atoms with Crippen LogP contribution in [0.1, 0.15) is 56.4 Å². The van der Waals surface area contributed by atoms with Gasteiger partial charge in [-0.05, 0) is 48.4 Å². The number of ether oxygens (including phenoxy) is 2. The van der Waals surface area contributed by atoms with E-state index in [1.807, 2.05) is 19.1 Å². The number of rotatable bonds is 12. The van der Waals surface area contributed by atoms with Crippen LogP contribution in [0, 0.1) is 5.82 Å². The molecule has 0 aliphatic heterocycles. The van der Waals surface area contributed by atoms with Gasteiger partial charge in [0.25, 0.3) is 0 Å². The molecule has 31 heavy (non-hydrogen) atoms. The van der Waals surface area contributed by atoms with E-state index in [0.29, 0.717) is 37.4 Å². The molecule has 0 saturated heterocycles. The minimum Gasteiger partial charge on any atom is -0.490 e. The minimum atomic E-state index is -0.659. The van der Waals surface area contributed by atoms with Gasteiger partial charge < -0.3 is 13.9 Å². The van der Waals surface area contributed by atoms with Gasteiger partial charge in [0.05, 0.1) is 13.2 Å². The smallest absolute Gasteiger partial charge is 0.346 e. The lowest BCUT2D eigenvalue weighted by Gasteiger charge is -2.09. The van der Waals surface area contributed by atoms with Gasteiger partial charge in [-0.2, -0.15) is 0 Å². The summed E-state index contributed by atoms with van der Waals surface area (Å²) in [7, 11) is 0. The third-order valence-electron chi connectivity index (χ3n) is 5.29. The van der Waals surface area contributed by atoms with Gasteiger partial charge in [0.1, 0.15) is 11.1 Å². The Bertz CT molecular complexity index is 1020. The van der Waals surface area contributed by atoms with E-state index in [4.69, 9.17) is 13.9 Å². The van der Waals surface area contributed by atoms with E-state index in [1.165, 1.54) is 0 Å².